The fourth-order valence-corrected chi connectivity index (χ4v) is 2.26. The zero-order valence-corrected chi connectivity index (χ0v) is 12.7. The van der Waals surface area contributed by atoms with E-state index in [1.165, 1.54) is 12.8 Å². The zero-order chi connectivity index (χ0) is 14.8. The Morgan fingerprint density at radius 2 is 2.00 bits per heavy atom. The monoisotopic (exact) mass is 287 g/mol. The molecular weight excluding hydrogens is 266 g/mol. The van der Waals surface area contributed by atoms with Gasteiger partial charge >= 0.3 is 0 Å². The molecule has 0 unspecified atom stereocenters. The lowest BCUT2D eigenvalue weighted by Gasteiger charge is -2.19. The number of hydrogen-bond donors (Lipinski definition) is 1. The molecule has 1 saturated carbocycles. The van der Waals surface area contributed by atoms with Gasteiger partial charge in [0.1, 0.15) is 0 Å². The average molecular weight is 287 g/mol. The lowest BCUT2D eigenvalue weighted by atomic mass is 10.3. The molecule has 7 nitrogen and oxygen atoms in total. The van der Waals surface area contributed by atoms with Gasteiger partial charge in [0.2, 0.25) is 11.9 Å². The molecule has 0 amide bonds. The summed E-state index contributed by atoms with van der Waals surface area (Å²) in [5.74, 6) is 2.42. The Balaban J connectivity index is 1.97. The summed E-state index contributed by atoms with van der Waals surface area (Å²) >= 11 is 0. The molecular formula is C14H21N7. The first-order valence-corrected chi connectivity index (χ1v) is 7.49. The highest BCUT2D eigenvalue weighted by Gasteiger charge is 2.26. The summed E-state index contributed by atoms with van der Waals surface area (Å²) in [4.78, 5) is 15.5. The van der Waals surface area contributed by atoms with Crippen molar-refractivity contribution in [2.24, 2.45) is 0 Å². The molecule has 1 N–H and O–H groups in total. The first kappa shape index (κ1) is 13.8. The van der Waals surface area contributed by atoms with Crippen molar-refractivity contribution in [2.75, 3.05) is 30.4 Å². The molecule has 3 rings (SSSR count). The fourth-order valence-electron chi connectivity index (χ4n) is 2.26. The molecule has 0 aliphatic heterocycles. The molecule has 1 aliphatic carbocycles. The molecule has 0 spiro atoms. The summed E-state index contributed by atoms with van der Waals surface area (Å²) in [5.41, 5.74) is 1.13. The third kappa shape index (κ3) is 2.81. The van der Waals surface area contributed by atoms with Crippen LogP contribution in [0.3, 0.4) is 0 Å². The van der Waals surface area contributed by atoms with Crippen LogP contribution in [0.2, 0.25) is 0 Å². The molecule has 2 aromatic rings. The van der Waals surface area contributed by atoms with Crippen LogP contribution in [0.4, 0.5) is 11.9 Å². The lowest BCUT2D eigenvalue weighted by Crippen LogP contribution is -2.25. The minimum absolute atomic E-state index is 0.558. The summed E-state index contributed by atoms with van der Waals surface area (Å²) in [5, 5.41) is 7.58. The molecule has 7 heteroatoms. The van der Waals surface area contributed by atoms with Gasteiger partial charge in [-0.2, -0.15) is 20.1 Å². The quantitative estimate of drug-likeness (QED) is 0.874. The van der Waals surface area contributed by atoms with Gasteiger partial charge in [-0.3, -0.25) is 0 Å². The fraction of sp³-hybridized carbons (Fsp3) is 0.571. The van der Waals surface area contributed by atoms with E-state index in [2.05, 4.69) is 50.2 Å². The van der Waals surface area contributed by atoms with E-state index >= 15 is 0 Å². The molecule has 2 heterocycles. The van der Waals surface area contributed by atoms with Crippen LogP contribution in [-0.4, -0.2) is 44.9 Å². The number of hydrogen-bond acceptors (Lipinski definition) is 6. The van der Waals surface area contributed by atoms with E-state index in [-0.39, 0.29) is 0 Å². The number of nitrogens with one attached hydrogen (secondary N) is 1. The maximum Gasteiger partial charge on any atom is 0.257 e. The van der Waals surface area contributed by atoms with Crippen LogP contribution < -0.4 is 10.2 Å². The van der Waals surface area contributed by atoms with Crippen molar-refractivity contribution in [2.45, 2.75) is 32.6 Å². The molecule has 0 atom stereocenters. The van der Waals surface area contributed by atoms with Crippen LogP contribution in [0.5, 0.6) is 0 Å². The number of aromatic nitrogens is 5. The number of rotatable bonds is 6. The van der Waals surface area contributed by atoms with Crippen LogP contribution in [0, 0.1) is 0 Å². The Labute approximate surface area is 124 Å². The Hall–Kier alpha value is -2.18. The second-order valence-electron chi connectivity index (χ2n) is 5.14. The van der Waals surface area contributed by atoms with Gasteiger partial charge in [-0.05, 0) is 32.8 Å². The van der Waals surface area contributed by atoms with Crippen molar-refractivity contribution in [3.05, 3.63) is 18.0 Å². The van der Waals surface area contributed by atoms with E-state index in [1.807, 2.05) is 13.2 Å². The van der Waals surface area contributed by atoms with Gasteiger partial charge in [-0.15, -0.1) is 0 Å². The smallest absolute Gasteiger partial charge is 0.257 e. The first-order chi connectivity index (χ1) is 10.2. The highest BCUT2D eigenvalue weighted by atomic mass is 15.4. The molecule has 112 valence electrons. The second-order valence-corrected chi connectivity index (χ2v) is 5.14. The van der Waals surface area contributed by atoms with E-state index in [1.54, 1.807) is 4.68 Å². The largest absolute Gasteiger partial charge is 0.357 e. The Morgan fingerprint density at radius 1 is 1.24 bits per heavy atom. The molecule has 21 heavy (non-hydrogen) atoms. The molecule has 2 aromatic heterocycles. The number of anilines is 2. The van der Waals surface area contributed by atoms with E-state index in [4.69, 9.17) is 0 Å². The predicted octanol–water partition coefficient (Wildman–Crippen LogP) is 1.82. The van der Waals surface area contributed by atoms with Crippen molar-refractivity contribution >= 4 is 11.9 Å². The standard InChI is InChI=1S/C14H21N7/c1-4-20(5-2)13-16-12(15-3)17-14(18-13)21-9-8-11(19-21)10-6-7-10/h8-10H,4-7H2,1-3H3,(H,15,16,17,18). The molecule has 0 aromatic carbocycles. The van der Waals surface area contributed by atoms with Crippen molar-refractivity contribution in [3.63, 3.8) is 0 Å². The van der Waals surface area contributed by atoms with E-state index in [9.17, 15) is 0 Å². The first-order valence-electron chi connectivity index (χ1n) is 7.49. The van der Waals surface area contributed by atoms with E-state index in [0.29, 0.717) is 23.8 Å². The van der Waals surface area contributed by atoms with Crippen molar-refractivity contribution in [1.29, 1.82) is 0 Å². The molecule has 1 fully saturated rings. The average Bonchev–Trinajstić information content (AvgIpc) is 3.25. The van der Waals surface area contributed by atoms with Gasteiger partial charge in [0.25, 0.3) is 5.95 Å². The van der Waals surface area contributed by atoms with E-state index in [0.717, 1.165) is 18.8 Å². The van der Waals surface area contributed by atoms with Gasteiger partial charge < -0.3 is 10.2 Å². The van der Waals surface area contributed by atoms with Crippen molar-refractivity contribution in [3.8, 4) is 5.95 Å². The molecule has 0 radical (unpaired) electrons. The van der Waals surface area contributed by atoms with E-state index < -0.39 is 0 Å². The van der Waals surface area contributed by atoms with Crippen molar-refractivity contribution in [1.82, 2.24) is 24.7 Å². The third-order valence-electron chi connectivity index (χ3n) is 3.69. The lowest BCUT2D eigenvalue weighted by molar-refractivity contribution is 0.751. The van der Waals surface area contributed by atoms with Gasteiger partial charge in [0, 0.05) is 32.3 Å². The third-order valence-corrected chi connectivity index (χ3v) is 3.69. The maximum absolute atomic E-state index is 4.59. The van der Waals surface area contributed by atoms with Crippen LogP contribution in [0.25, 0.3) is 5.95 Å². The maximum atomic E-state index is 4.59. The van der Waals surface area contributed by atoms with Crippen LogP contribution in [-0.2, 0) is 0 Å². The second kappa shape index (κ2) is 5.67. The minimum atomic E-state index is 0.558. The summed E-state index contributed by atoms with van der Waals surface area (Å²) in [6.45, 7) is 5.89. The summed E-state index contributed by atoms with van der Waals surface area (Å²) in [6, 6.07) is 2.05. The van der Waals surface area contributed by atoms with Gasteiger partial charge in [-0.25, -0.2) is 4.68 Å². The normalized spacial score (nSPS) is 14.2. The Kier molecular flexibility index (Phi) is 3.72. The van der Waals surface area contributed by atoms with Gasteiger partial charge in [-0.1, -0.05) is 0 Å². The van der Waals surface area contributed by atoms with Crippen LogP contribution >= 0.6 is 0 Å². The summed E-state index contributed by atoms with van der Waals surface area (Å²) in [7, 11) is 1.81. The van der Waals surface area contributed by atoms with Crippen LogP contribution in [0.15, 0.2) is 12.3 Å². The van der Waals surface area contributed by atoms with Gasteiger partial charge in [0.05, 0.1) is 5.69 Å². The molecule has 0 saturated heterocycles. The SMILES string of the molecule is CCN(CC)c1nc(NC)nc(-n2ccc(C3CC3)n2)n1. The topological polar surface area (TPSA) is 71.8 Å². The zero-order valence-electron chi connectivity index (χ0n) is 12.7. The van der Waals surface area contributed by atoms with Crippen LogP contribution in [0.1, 0.15) is 38.3 Å². The Morgan fingerprint density at radius 3 is 2.62 bits per heavy atom. The number of nitrogens with zero attached hydrogens (tertiary/aromatic N) is 6. The van der Waals surface area contributed by atoms with Gasteiger partial charge in [0.15, 0.2) is 0 Å². The highest BCUT2D eigenvalue weighted by molar-refractivity contribution is 5.39. The summed E-state index contributed by atoms with van der Waals surface area (Å²) in [6.07, 6.45) is 4.40. The minimum Gasteiger partial charge on any atom is -0.357 e. The summed E-state index contributed by atoms with van der Waals surface area (Å²) < 4.78 is 1.74. The highest BCUT2D eigenvalue weighted by Crippen LogP contribution is 2.38. The predicted molar refractivity (Wildman–Crippen MR) is 82.0 cm³/mol. The van der Waals surface area contributed by atoms with Crippen molar-refractivity contribution < 1.29 is 0 Å². The Bertz CT molecular complexity index is 614. The molecule has 0 bridgehead atoms. The molecule has 1 aliphatic rings.